The Balaban J connectivity index is 2.33. The molecule has 1 rings (SSSR count). The predicted octanol–water partition coefficient (Wildman–Crippen LogP) is 5.67. The second-order valence-electron chi connectivity index (χ2n) is 4.39. The van der Waals surface area contributed by atoms with E-state index in [1.807, 2.05) is 18.2 Å². The maximum atomic E-state index is 5.66. The molecule has 1 aromatic rings. The number of aryl methyl sites for hydroxylation is 1. The molecule has 1 nitrogen and oxygen atoms in total. The summed E-state index contributed by atoms with van der Waals surface area (Å²) < 4.78 is 5.99. The summed E-state index contributed by atoms with van der Waals surface area (Å²) in [6.45, 7) is 4.82. The van der Waals surface area contributed by atoms with Gasteiger partial charge in [0.2, 0.25) is 0 Å². The van der Waals surface area contributed by atoms with E-state index in [2.05, 4.69) is 32.1 Å². The molecule has 0 aliphatic rings. The zero-order valence-electron chi connectivity index (χ0n) is 11.5. The molecule has 0 spiro atoms. The molecule has 0 radical (unpaired) electrons. The maximum Gasteiger partial charge on any atom is 0.119 e. The van der Waals surface area contributed by atoms with Crippen molar-refractivity contribution in [3.63, 3.8) is 0 Å². The Morgan fingerprint density at radius 2 is 1.84 bits per heavy atom. The van der Waals surface area contributed by atoms with Crippen LogP contribution in [0.1, 0.15) is 32.3 Å². The van der Waals surface area contributed by atoms with E-state index in [4.69, 9.17) is 27.9 Å². The Hall–Kier alpha value is -0.920. The van der Waals surface area contributed by atoms with Crippen molar-refractivity contribution in [1.29, 1.82) is 0 Å². The number of ether oxygens (including phenoxy) is 1. The molecule has 0 saturated heterocycles. The molecule has 3 heteroatoms. The van der Waals surface area contributed by atoms with Gasteiger partial charge in [-0.15, -0.1) is 0 Å². The molecule has 0 heterocycles. The fourth-order valence-electron chi connectivity index (χ4n) is 1.61. The van der Waals surface area contributed by atoms with Crippen LogP contribution in [0.3, 0.4) is 0 Å². The first kappa shape index (κ1) is 16.1. The van der Waals surface area contributed by atoms with Crippen LogP contribution in [0.25, 0.3) is 0 Å². The summed E-state index contributed by atoms with van der Waals surface area (Å²) in [6, 6.07) is 8.22. The van der Waals surface area contributed by atoms with Crippen LogP contribution in [0.2, 0.25) is 0 Å². The normalized spacial score (nSPS) is 11.3. The van der Waals surface area contributed by atoms with Crippen LogP contribution >= 0.6 is 23.2 Å². The first-order valence-electron chi connectivity index (χ1n) is 6.50. The Kier molecular flexibility index (Phi) is 7.69. The van der Waals surface area contributed by atoms with Crippen molar-refractivity contribution in [2.75, 3.05) is 6.61 Å². The maximum absolute atomic E-state index is 5.66. The van der Waals surface area contributed by atoms with Gasteiger partial charge in [-0.1, -0.05) is 53.9 Å². The van der Waals surface area contributed by atoms with E-state index in [0.717, 1.165) is 25.0 Å². The van der Waals surface area contributed by atoms with E-state index in [-0.39, 0.29) is 0 Å². The van der Waals surface area contributed by atoms with Gasteiger partial charge >= 0.3 is 0 Å². The third-order valence-electron chi connectivity index (χ3n) is 2.85. The average Bonchev–Trinajstić information content (AvgIpc) is 2.39. The quantitative estimate of drug-likeness (QED) is 0.589. The minimum atomic E-state index is 0.333. The minimum absolute atomic E-state index is 0.333. The molecule has 0 aliphatic carbocycles. The van der Waals surface area contributed by atoms with Crippen molar-refractivity contribution < 1.29 is 4.74 Å². The van der Waals surface area contributed by atoms with E-state index >= 15 is 0 Å². The van der Waals surface area contributed by atoms with Crippen LogP contribution in [0.4, 0.5) is 0 Å². The average molecular weight is 299 g/mol. The van der Waals surface area contributed by atoms with Gasteiger partial charge in [-0.3, -0.25) is 0 Å². The molecular weight excluding hydrogens is 279 g/mol. The van der Waals surface area contributed by atoms with E-state index < -0.39 is 0 Å². The van der Waals surface area contributed by atoms with Crippen molar-refractivity contribution in [2.45, 2.75) is 33.1 Å². The number of rotatable bonds is 7. The lowest BCUT2D eigenvalue weighted by atomic mass is 10.1. The van der Waals surface area contributed by atoms with E-state index in [1.165, 1.54) is 11.1 Å². The highest BCUT2D eigenvalue weighted by Crippen LogP contribution is 2.14. The topological polar surface area (TPSA) is 9.23 Å². The molecule has 104 valence electrons. The van der Waals surface area contributed by atoms with E-state index in [9.17, 15) is 0 Å². The fourth-order valence-corrected chi connectivity index (χ4v) is 1.83. The van der Waals surface area contributed by atoms with Crippen LogP contribution in [0.15, 0.2) is 46.5 Å². The molecule has 0 saturated carbocycles. The highest BCUT2D eigenvalue weighted by molar-refractivity contribution is 6.55. The third kappa shape index (κ3) is 7.29. The Morgan fingerprint density at radius 1 is 1.16 bits per heavy atom. The fraction of sp³-hybridized carbons (Fsp3) is 0.375. The van der Waals surface area contributed by atoms with Gasteiger partial charge in [0, 0.05) is 0 Å². The van der Waals surface area contributed by atoms with Crippen LogP contribution < -0.4 is 4.74 Å². The summed E-state index contributed by atoms with van der Waals surface area (Å²) in [6.07, 6.45) is 6.75. The Morgan fingerprint density at radius 3 is 2.42 bits per heavy atom. The van der Waals surface area contributed by atoms with Crippen LogP contribution in [0, 0.1) is 0 Å². The van der Waals surface area contributed by atoms with Gasteiger partial charge in [-0.2, -0.15) is 0 Å². The lowest BCUT2D eigenvalue weighted by Crippen LogP contribution is -1.95. The lowest BCUT2D eigenvalue weighted by Gasteiger charge is -2.05. The van der Waals surface area contributed by atoms with Gasteiger partial charge < -0.3 is 4.74 Å². The molecule has 19 heavy (non-hydrogen) atoms. The van der Waals surface area contributed by atoms with Crippen LogP contribution in [-0.2, 0) is 6.42 Å². The zero-order valence-corrected chi connectivity index (χ0v) is 13.0. The summed E-state index contributed by atoms with van der Waals surface area (Å²) >= 11 is 11.1. The van der Waals surface area contributed by atoms with Crippen LogP contribution in [0.5, 0.6) is 5.75 Å². The monoisotopic (exact) mass is 298 g/mol. The molecule has 1 aromatic carbocycles. The van der Waals surface area contributed by atoms with E-state index in [0.29, 0.717) is 11.1 Å². The molecule has 0 fully saturated rings. The second kappa shape index (κ2) is 9.06. The first-order chi connectivity index (χ1) is 9.11. The van der Waals surface area contributed by atoms with Gasteiger partial charge in [0.15, 0.2) is 0 Å². The lowest BCUT2D eigenvalue weighted by molar-refractivity contribution is 0.361. The number of halogens is 2. The van der Waals surface area contributed by atoms with Crippen molar-refractivity contribution in [2.24, 2.45) is 0 Å². The number of hydrogen-bond donors (Lipinski definition) is 0. The standard InChI is InChI=1S/C16H20Cl2O/c1-3-14-7-9-15(10-8-14)19-12-11-13(2)5-4-6-16(17)18/h6-11H,3-5,12H2,1-2H3/b13-11+. The van der Waals surface area contributed by atoms with Crippen LogP contribution in [-0.4, -0.2) is 6.61 Å². The molecule has 0 N–H and O–H groups in total. The van der Waals surface area contributed by atoms with Crippen molar-refractivity contribution >= 4 is 23.2 Å². The summed E-state index contributed by atoms with van der Waals surface area (Å²) in [5.74, 6) is 0.907. The van der Waals surface area contributed by atoms with E-state index in [1.54, 1.807) is 0 Å². The summed E-state index contributed by atoms with van der Waals surface area (Å²) in [5.41, 5.74) is 2.60. The summed E-state index contributed by atoms with van der Waals surface area (Å²) in [7, 11) is 0. The van der Waals surface area contributed by atoms with Crippen molar-refractivity contribution in [1.82, 2.24) is 0 Å². The highest BCUT2D eigenvalue weighted by Gasteiger charge is 1.94. The highest BCUT2D eigenvalue weighted by atomic mass is 35.5. The minimum Gasteiger partial charge on any atom is -0.490 e. The van der Waals surface area contributed by atoms with Crippen molar-refractivity contribution in [3.05, 3.63) is 52.0 Å². The predicted molar refractivity (Wildman–Crippen MR) is 84.1 cm³/mol. The smallest absolute Gasteiger partial charge is 0.119 e. The van der Waals surface area contributed by atoms with Gasteiger partial charge in [-0.25, -0.2) is 0 Å². The SMILES string of the molecule is CCc1ccc(OC/C=C(\C)CCC=C(Cl)Cl)cc1. The number of hydrogen-bond acceptors (Lipinski definition) is 1. The molecular formula is C16H20Cl2O. The molecule has 0 bridgehead atoms. The molecule has 0 atom stereocenters. The third-order valence-corrected chi connectivity index (χ3v) is 3.16. The summed E-state index contributed by atoms with van der Waals surface area (Å²) in [5, 5.41) is 0. The number of benzene rings is 1. The Bertz CT molecular complexity index is 429. The van der Waals surface area contributed by atoms with Gasteiger partial charge in [0.1, 0.15) is 16.8 Å². The summed E-state index contributed by atoms with van der Waals surface area (Å²) in [4.78, 5) is 0. The molecule has 0 amide bonds. The molecule has 0 aromatic heterocycles. The first-order valence-corrected chi connectivity index (χ1v) is 7.26. The second-order valence-corrected chi connectivity index (χ2v) is 5.40. The molecule has 0 aliphatic heterocycles. The number of allylic oxidation sites excluding steroid dienone is 2. The van der Waals surface area contributed by atoms with Crippen molar-refractivity contribution in [3.8, 4) is 5.75 Å². The zero-order chi connectivity index (χ0) is 14.1. The largest absolute Gasteiger partial charge is 0.490 e. The van der Waals surface area contributed by atoms with Gasteiger partial charge in [-0.05, 0) is 50.0 Å². The molecule has 0 unspecified atom stereocenters. The Labute approximate surface area is 125 Å². The van der Waals surface area contributed by atoms with Gasteiger partial charge in [0.25, 0.3) is 0 Å². The van der Waals surface area contributed by atoms with Gasteiger partial charge in [0.05, 0.1) is 0 Å².